The normalized spacial score (nSPS) is 9.87. The highest BCUT2D eigenvalue weighted by Gasteiger charge is 2.03. The van der Waals surface area contributed by atoms with E-state index in [0.717, 1.165) is 0 Å². The molecule has 1 aromatic rings. The first-order chi connectivity index (χ1) is 7.20. The quantitative estimate of drug-likeness (QED) is 0.517. The van der Waals surface area contributed by atoms with Gasteiger partial charge < -0.3 is 9.90 Å². The van der Waals surface area contributed by atoms with Gasteiger partial charge in [-0.2, -0.15) is 0 Å². The van der Waals surface area contributed by atoms with E-state index < -0.39 is 5.97 Å². The van der Waals surface area contributed by atoms with Crippen molar-refractivity contribution < 1.29 is 14.7 Å². The van der Waals surface area contributed by atoms with Gasteiger partial charge in [-0.15, -0.1) is 0 Å². The molecular weight excluding hydrogens is 192 g/mol. The van der Waals surface area contributed by atoms with Crippen molar-refractivity contribution >= 4 is 11.8 Å². The van der Waals surface area contributed by atoms with Crippen molar-refractivity contribution in [2.24, 2.45) is 0 Å². The van der Waals surface area contributed by atoms with Gasteiger partial charge in [0.05, 0.1) is 0 Å². The first kappa shape index (κ1) is 11.4. The van der Waals surface area contributed by atoms with E-state index in [9.17, 15) is 14.7 Å². The van der Waals surface area contributed by atoms with Crippen LogP contribution in [0.2, 0.25) is 0 Å². The van der Waals surface area contributed by atoms with E-state index in [1.807, 2.05) is 18.2 Å². The largest absolute Gasteiger partial charge is 0.550 e. The van der Waals surface area contributed by atoms with Gasteiger partial charge in [0.25, 0.3) is 0 Å². The molecule has 0 amide bonds. The number of carboxylic acid groups (broad SMARTS) is 1. The van der Waals surface area contributed by atoms with E-state index in [2.05, 4.69) is 0 Å². The second-order valence-corrected chi connectivity index (χ2v) is 3.37. The number of carbonyl (C=O) groups excluding carboxylic acids is 2. The van der Waals surface area contributed by atoms with Crippen molar-refractivity contribution in [2.45, 2.75) is 25.7 Å². The van der Waals surface area contributed by atoms with E-state index >= 15 is 0 Å². The lowest BCUT2D eigenvalue weighted by atomic mass is 10.1. The highest BCUT2D eigenvalue weighted by Crippen LogP contribution is 2.07. The molecule has 0 aliphatic carbocycles. The third-order valence-electron chi connectivity index (χ3n) is 2.13. The molecule has 0 heterocycles. The zero-order valence-electron chi connectivity index (χ0n) is 8.44. The van der Waals surface area contributed by atoms with Gasteiger partial charge in [0.2, 0.25) is 0 Å². The smallest absolute Gasteiger partial charge is 0.162 e. The van der Waals surface area contributed by atoms with E-state index in [1.165, 1.54) is 0 Å². The lowest BCUT2D eigenvalue weighted by molar-refractivity contribution is -0.305. The molecule has 0 aliphatic heterocycles. The molecule has 1 aromatic carbocycles. The summed E-state index contributed by atoms with van der Waals surface area (Å²) in [5, 5.41) is 10.1. The maximum Gasteiger partial charge on any atom is 0.162 e. The highest BCUT2D eigenvalue weighted by molar-refractivity contribution is 5.95. The Morgan fingerprint density at radius 2 is 1.60 bits per heavy atom. The van der Waals surface area contributed by atoms with Crippen LogP contribution in [0.3, 0.4) is 0 Å². The Morgan fingerprint density at radius 1 is 1.00 bits per heavy atom. The third-order valence-corrected chi connectivity index (χ3v) is 2.13. The fourth-order valence-corrected chi connectivity index (χ4v) is 1.32. The minimum atomic E-state index is -1.05. The number of benzene rings is 1. The third kappa shape index (κ3) is 4.40. The lowest BCUT2D eigenvalue weighted by Crippen LogP contribution is -2.21. The van der Waals surface area contributed by atoms with Crippen molar-refractivity contribution in [3.8, 4) is 0 Å². The fourth-order valence-electron chi connectivity index (χ4n) is 1.32. The molecule has 0 spiro atoms. The van der Waals surface area contributed by atoms with Gasteiger partial charge in [-0.25, -0.2) is 0 Å². The predicted molar refractivity (Wildman–Crippen MR) is 54.2 cm³/mol. The summed E-state index contributed by atoms with van der Waals surface area (Å²) in [6.07, 6.45) is 1.53. The zero-order chi connectivity index (χ0) is 11.1. The number of hydrogen-bond donors (Lipinski definition) is 0. The summed E-state index contributed by atoms with van der Waals surface area (Å²) in [6.45, 7) is 0. The molecule has 0 aliphatic rings. The lowest BCUT2D eigenvalue weighted by Gasteiger charge is -2.02. The van der Waals surface area contributed by atoms with Gasteiger partial charge in [0.1, 0.15) is 0 Å². The minimum absolute atomic E-state index is 0.0298. The average Bonchev–Trinajstić information content (AvgIpc) is 2.25. The van der Waals surface area contributed by atoms with E-state index in [4.69, 9.17) is 0 Å². The Hall–Kier alpha value is -1.64. The second kappa shape index (κ2) is 5.96. The minimum Gasteiger partial charge on any atom is -0.550 e. The van der Waals surface area contributed by atoms with E-state index in [1.54, 1.807) is 12.1 Å². The maximum atomic E-state index is 11.5. The summed E-state index contributed by atoms with van der Waals surface area (Å²) < 4.78 is 0. The Balaban J connectivity index is 2.28. The number of unbranched alkanes of at least 4 members (excludes halogenated alkanes) is 1. The molecule has 0 bridgehead atoms. The Morgan fingerprint density at radius 3 is 2.20 bits per heavy atom. The zero-order valence-corrected chi connectivity index (χ0v) is 8.44. The molecular formula is C12H13O3-. The first-order valence-electron chi connectivity index (χ1n) is 4.98. The van der Waals surface area contributed by atoms with Crippen molar-refractivity contribution in [3.05, 3.63) is 35.9 Å². The summed E-state index contributed by atoms with van der Waals surface area (Å²) in [5.41, 5.74) is 0.686. The van der Waals surface area contributed by atoms with Crippen LogP contribution in [0.25, 0.3) is 0 Å². The van der Waals surface area contributed by atoms with Crippen molar-refractivity contribution in [1.82, 2.24) is 0 Å². The molecule has 0 fully saturated rings. The average molecular weight is 205 g/mol. The number of ketones is 1. The molecule has 0 radical (unpaired) electrons. The Bertz CT molecular complexity index is 330. The second-order valence-electron chi connectivity index (χ2n) is 3.37. The molecule has 0 N–H and O–H groups in total. The molecule has 0 atom stereocenters. The number of carbonyl (C=O) groups is 2. The van der Waals surface area contributed by atoms with Gasteiger partial charge in [-0.3, -0.25) is 4.79 Å². The summed E-state index contributed by atoms with van der Waals surface area (Å²) >= 11 is 0. The summed E-state index contributed by atoms with van der Waals surface area (Å²) in [6, 6.07) is 9.01. The summed E-state index contributed by atoms with van der Waals surface area (Å²) in [7, 11) is 0. The topological polar surface area (TPSA) is 57.2 Å². The Labute approximate surface area is 88.7 Å². The van der Waals surface area contributed by atoms with Gasteiger partial charge in [-0.1, -0.05) is 30.3 Å². The van der Waals surface area contributed by atoms with Crippen LogP contribution in [-0.4, -0.2) is 11.8 Å². The van der Waals surface area contributed by atoms with E-state index in [-0.39, 0.29) is 12.2 Å². The first-order valence-corrected chi connectivity index (χ1v) is 4.98. The van der Waals surface area contributed by atoms with Crippen LogP contribution in [0.15, 0.2) is 30.3 Å². The van der Waals surface area contributed by atoms with Crippen LogP contribution in [0.1, 0.15) is 36.0 Å². The number of aliphatic carboxylic acids is 1. The van der Waals surface area contributed by atoms with Crippen LogP contribution >= 0.6 is 0 Å². The molecule has 0 aromatic heterocycles. The van der Waals surface area contributed by atoms with Gasteiger partial charge in [-0.05, 0) is 19.3 Å². The SMILES string of the molecule is O=C([O-])CCCCC(=O)c1ccccc1. The highest BCUT2D eigenvalue weighted by atomic mass is 16.4. The molecule has 0 saturated carbocycles. The molecule has 0 saturated heterocycles. The van der Waals surface area contributed by atoms with Crippen molar-refractivity contribution in [1.29, 1.82) is 0 Å². The standard InChI is InChI=1S/C12H14O3/c13-11(8-4-5-9-12(14)15)10-6-2-1-3-7-10/h1-3,6-7H,4-5,8-9H2,(H,14,15)/p-1. The molecule has 15 heavy (non-hydrogen) atoms. The molecule has 80 valence electrons. The van der Waals surface area contributed by atoms with Gasteiger partial charge in [0, 0.05) is 18.0 Å². The number of rotatable bonds is 6. The van der Waals surface area contributed by atoms with Crippen molar-refractivity contribution in [3.63, 3.8) is 0 Å². The summed E-state index contributed by atoms with van der Waals surface area (Å²) in [5.74, 6) is -0.990. The number of carboxylic acids is 1. The molecule has 0 unspecified atom stereocenters. The number of Topliss-reactive ketones (excluding diaryl/α,β-unsaturated/α-hetero) is 1. The van der Waals surface area contributed by atoms with Crippen LogP contribution in [-0.2, 0) is 4.79 Å². The molecule has 3 heteroatoms. The van der Waals surface area contributed by atoms with E-state index in [0.29, 0.717) is 24.8 Å². The molecule has 1 rings (SSSR count). The van der Waals surface area contributed by atoms with Gasteiger partial charge in [0.15, 0.2) is 5.78 Å². The fraction of sp³-hybridized carbons (Fsp3) is 0.333. The Kier molecular flexibility index (Phi) is 4.54. The molecule has 3 nitrogen and oxygen atoms in total. The van der Waals surface area contributed by atoms with Crippen LogP contribution in [0.4, 0.5) is 0 Å². The summed E-state index contributed by atoms with van der Waals surface area (Å²) in [4.78, 5) is 21.6. The van der Waals surface area contributed by atoms with Crippen LogP contribution < -0.4 is 5.11 Å². The van der Waals surface area contributed by atoms with Gasteiger partial charge >= 0.3 is 0 Å². The van der Waals surface area contributed by atoms with Crippen molar-refractivity contribution in [2.75, 3.05) is 0 Å². The van der Waals surface area contributed by atoms with Crippen LogP contribution in [0.5, 0.6) is 0 Å². The monoisotopic (exact) mass is 205 g/mol. The van der Waals surface area contributed by atoms with Crippen LogP contribution in [0, 0.1) is 0 Å². The number of hydrogen-bond acceptors (Lipinski definition) is 3. The maximum absolute atomic E-state index is 11.5. The predicted octanol–water partition coefficient (Wildman–Crippen LogP) is 1.18.